The molecule has 4 rings (SSSR count). The van der Waals surface area contributed by atoms with Gasteiger partial charge in [-0.15, -0.1) is 0 Å². The number of hydrogen-bond acceptors (Lipinski definition) is 5. The first-order valence-electron chi connectivity index (χ1n) is 7.58. The lowest BCUT2D eigenvalue weighted by Crippen LogP contribution is -2.22. The molecule has 2 aromatic heterocycles. The Morgan fingerprint density at radius 2 is 2.09 bits per heavy atom. The van der Waals surface area contributed by atoms with E-state index < -0.39 is 0 Å². The molecule has 3 heterocycles. The van der Waals surface area contributed by atoms with Crippen molar-refractivity contribution >= 4 is 22.7 Å². The van der Waals surface area contributed by atoms with Crippen LogP contribution in [-0.4, -0.2) is 39.6 Å². The van der Waals surface area contributed by atoms with Crippen LogP contribution in [0.15, 0.2) is 43.0 Å². The summed E-state index contributed by atoms with van der Waals surface area (Å²) in [6.07, 6.45) is 4.40. The molecule has 1 saturated heterocycles. The molecule has 0 saturated carbocycles. The van der Waals surface area contributed by atoms with Gasteiger partial charge in [0.15, 0.2) is 11.5 Å². The largest absolute Gasteiger partial charge is 0.371 e. The van der Waals surface area contributed by atoms with Gasteiger partial charge in [-0.25, -0.2) is 15.0 Å². The third-order valence-electron chi connectivity index (χ3n) is 4.19. The number of H-pyrrole nitrogens is 1. The number of para-hydroxylation sites is 1. The molecule has 1 aromatic carbocycles. The molecule has 6 heteroatoms. The van der Waals surface area contributed by atoms with Gasteiger partial charge >= 0.3 is 0 Å². The summed E-state index contributed by atoms with van der Waals surface area (Å²) in [5.41, 5.74) is 2.89. The first-order chi connectivity index (χ1) is 10.9. The second-order valence-corrected chi connectivity index (χ2v) is 5.64. The Bertz CT molecular complexity index is 753. The summed E-state index contributed by atoms with van der Waals surface area (Å²) in [7, 11) is 0. The third kappa shape index (κ3) is 2.47. The number of hydrogen-bond donors (Lipinski definition) is 2. The van der Waals surface area contributed by atoms with E-state index in [0.29, 0.717) is 11.6 Å². The average molecular weight is 294 g/mol. The number of benzene rings is 1. The summed E-state index contributed by atoms with van der Waals surface area (Å²) < 4.78 is 0. The molecule has 6 nitrogen and oxygen atoms in total. The molecular weight excluding hydrogens is 276 g/mol. The first kappa shape index (κ1) is 13.1. The minimum absolute atomic E-state index is 0.619. The quantitative estimate of drug-likeness (QED) is 0.772. The lowest BCUT2D eigenvalue weighted by Gasteiger charge is -2.18. The topological polar surface area (TPSA) is 69.7 Å². The average Bonchev–Trinajstić information content (AvgIpc) is 3.23. The molecule has 1 fully saturated rings. The van der Waals surface area contributed by atoms with Crippen LogP contribution >= 0.6 is 0 Å². The smallest absolute Gasteiger partial charge is 0.182 e. The van der Waals surface area contributed by atoms with Crippen LogP contribution in [0.25, 0.3) is 11.2 Å². The lowest BCUT2D eigenvalue weighted by atomic mass is 10.1. The Kier molecular flexibility index (Phi) is 3.34. The molecule has 1 aliphatic heterocycles. The second-order valence-electron chi connectivity index (χ2n) is 5.64. The molecule has 1 atom stereocenters. The first-order valence-corrected chi connectivity index (χ1v) is 7.58. The van der Waals surface area contributed by atoms with Gasteiger partial charge in [-0.05, 0) is 24.5 Å². The highest BCUT2D eigenvalue weighted by atomic mass is 15.2. The van der Waals surface area contributed by atoms with E-state index in [2.05, 4.69) is 60.5 Å². The van der Waals surface area contributed by atoms with Crippen molar-refractivity contribution in [2.75, 3.05) is 29.9 Å². The summed E-state index contributed by atoms with van der Waals surface area (Å²) in [5.74, 6) is 1.45. The van der Waals surface area contributed by atoms with Crippen LogP contribution in [0.3, 0.4) is 0 Å². The zero-order valence-corrected chi connectivity index (χ0v) is 12.2. The summed E-state index contributed by atoms with van der Waals surface area (Å²) in [4.78, 5) is 18.1. The number of rotatable bonds is 4. The molecule has 22 heavy (non-hydrogen) atoms. The van der Waals surface area contributed by atoms with E-state index in [1.54, 1.807) is 12.7 Å². The minimum Gasteiger partial charge on any atom is -0.371 e. The summed E-state index contributed by atoms with van der Waals surface area (Å²) in [5, 5.41) is 3.44. The fourth-order valence-corrected chi connectivity index (χ4v) is 3.01. The molecule has 0 radical (unpaired) electrons. The molecule has 0 amide bonds. The van der Waals surface area contributed by atoms with Gasteiger partial charge in [-0.1, -0.05) is 18.2 Å². The van der Waals surface area contributed by atoms with Gasteiger partial charge < -0.3 is 15.2 Å². The Balaban J connectivity index is 1.40. The molecule has 2 N–H and O–H groups in total. The van der Waals surface area contributed by atoms with Crippen molar-refractivity contribution < 1.29 is 0 Å². The molecule has 1 aliphatic rings. The van der Waals surface area contributed by atoms with E-state index in [0.717, 1.165) is 31.0 Å². The zero-order chi connectivity index (χ0) is 14.8. The summed E-state index contributed by atoms with van der Waals surface area (Å²) >= 11 is 0. The van der Waals surface area contributed by atoms with Crippen molar-refractivity contribution in [3.8, 4) is 0 Å². The predicted molar refractivity (Wildman–Crippen MR) is 86.9 cm³/mol. The van der Waals surface area contributed by atoms with E-state index in [1.165, 1.54) is 12.1 Å². The third-order valence-corrected chi connectivity index (χ3v) is 4.19. The number of aromatic amines is 1. The van der Waals surface area contributed by atoms with Crippen molar-refractivity contribution in [1.29, 1.82) is 0 Å². The van der Waals surface area contributed by atoms with Crippen LogP contribution < -0.4 is 10.2 Å². The van der Waals surface area contributed by atoms with Gasteiger partial charge in [0.2, 0.25) is 0 Å². The molecule has 0 spiro atoms. The Morgan fingerprint density at radius 3 is 3.00 bits per heavy atom. The van der Waals surface area contributed by atoms with Gasteiger partial charge in [-0.2, -0.15) is 0 Å². The van der Waals surface area contributed by atoms with Crippen LogP contribution in [0.4, 0.5) is 11.5 Å². The number of imidazole rings is 1. The van der Waals surface area contributed by atoms with Gasteiger partial charge in [0.25, 0.3) is 0 Å². The lowest BCUT2D eigenvalue weighted by molar-refractivity contribution is 0.621. The van der Waals surface area contributed by atoms with E-state index >= 15 is 0 Å². The van der Waals surface area contributed by atoms with Crippen molar-refractivity contribution in [2.45, 2.75) is 6.42 Å². The van der Waals surface area contributed by atoms with Crippen LogP contribution in [0.2, 0.25) is 0 Å². The normalized spacial score (nSPS) is 18.0. The van der Waals surface area contributed by atoms with Gasteiger partial charge in [0.05, 0.1) is 6.33 Å². The highest BCUT2D eigenvalue weighted by Gasteiger charge is 2.22. The van der Waals surface area contributed by atoms with E-state index in [4.69, 9.17) is 0 Å². The van der Waals surface area contributed by atoms with Crippen molar-refractivity contribution in [3.63, 3.8) is 0 Å². The monoisotopic (exact) mass is 294 g/mol. The van der Waals surface area contributed by atoms with Crippen LogP contribution in [0.1, 0.15) is 6.42 Å². The standard InChI is InChI=1S/C16H18N6/c1-2-4-13(5-3-1)22-7-6-12(9-22)8-17-15-14-16(19-10-18-14)21-11-20-15/h1-5,10-12H,6-9H2,(H2,17,18,19,20,21)/t12-/m0/s1. The maximum Gasteiger partial charge on any atom is 0.182 e. The fourth-order valence-electron chi connectivity index (χ4n) is 3.01. The predicted octanol–water partition coefficient (Wildman–Crippen LogP) is 2.29. The van der Waals surface area contributed by atoms with Crippen LogP contribution in [0, 0.1) is 5.92 Å². The maximum absolute atomic E-state index is 4.31. The number of nitrogens with zero attached hydrogens (tertiary/aromatic N) is 4. The fraction of sp³-hybridized carbons (Fsp3) is 0.312. The van der Waals surface area contributed by atoms with E-state index in [1.807, 2.05) is 0 Å². The van der Waals surface area contributed by atoms with Crippen molar-refractivity contribution in [1.82, 2.24) is 19.9 Å². The zero-order valence-electron chi connectivity index (χ0n) is 12.2. The molecule has 0 unspecified atom stereocenters. The highest BCUT2D eigenvalue weighted by molar-refractivity contribution is 5.81. The van der Waals surface area contributed by atoms with Gasteiger partial charge in [0, 0.05) is 25.3 Å². The number of aromatic nitrogens is 4. The van der Waals surface area contributed by atoms with Crippen LogP contribution in [-0.2, 0) is 0 Å². The van der Waals surface area contributed by atoms with Crippen molar-refractivity contribution in [3.05, 3.63) is 43.0 Å². The van der Waals surface area contributed by atoms with Gasteiger partial charge in [0.1, 0.15) is 11.8 Å². The van der Waals surface area contributed by atoms with Crippen molar-refractivity contribution in [2.24, 2.45) is 5.92 Å². The molecule has 112 valence electrons. The second kappa shape index (κ2) is 5.63. The summed E-state index contributed by atoms with van der Waals surface area (Å²) in [6, 6.07) is 10.6. The Hall–Kier alpha value is -2.63. The number of anilines is 2. The molecule has 0 aliphatic carbocycles. The summed E-state index contributed by atoms with van der Waals surface area (Å²) in [6.45, 7) is 3.10. The highest BCUT2D eigenvalue weighted by Crippen LogP contribution is 2.24. The molecule has 0 bridgehead atoms. The Labute approximate surface area is 128 Å². The molecule has 3 aromatic rings. The number of fused-ring (bicyclic) bond motifs is 1. The minimum atomic E-state index is 0.619. The molecular formula is C16H18N6. The van der Waals surface area contributed by atoms with Gasteiger partial charge in [-0.3, -0.25) is 0 Å². The number of nitrogens with one attached hydrogen (secondary N) is 2. The SMILES string of the molecule is c1ccc(N2CC[C@@H](CNc3ncnc4nc[nH]c34)C2)cc1. The van der Waals surface area contributed by atoms with E-state index in [-0.39, 0.29) is 0 Å². The maximum atomic E-state index is 4.31. The van der Waals surface area contributed by atoms with E-state index in [9.17, 15) is 0 Å². The Morgan fingerprint density at radius 1 is 1.18 bits per heavy atom. The van der Waals surface area contributed by atoms with Crippen LogP contribution in [0.5, 0.6) is 0 Å².